The average Bonchev–Trinajstić information content (AvgIpc) is 3.23. The second kappa shape index (κ2) is 15.5. The number of nitrogens with zero attached hydrogens (tertiary/aromatic N) is 2. The summed E-state index contributed by atoms with van der Waals surface area (Å²) in [5, 5.41) is 3.11. The van der Waals surface area contributed by atoms with Gasteiger partial charge < -0.3 is 4.74 Å². The van der Waals surface area contributed by atoms with E-state index in [0.717, 1.165) is 38.2 Å². The molecule has 5 nitrogen and oxygen atoms in total. The Hall–Kier alpha value is -5.68. The third kappa shape index (κ3) is 6.84. The van der Waals surface area contributed by atoms with Crippen LogP contribution in [-0.2, 0) is 14.3 Å². The number of carbonyl (C=O) groups excluding carboxylic acids is 2. The molecule has 2 heterocycles. The molecule has 1 saturated heterocycles. The molecule has 0 aromatic heterocycles. The Kier molecular flexibility index (Phi) is 10.1. The van der Waals surface area contributed by atoms with Gasteiger partial charge in [0.15, 0.2) is 12.1 Å². The molecule has 53 heavy (non-hydrogen) atoms. The molecule has 0 spiro atoms. The lowest BCUT2D eigenvalue weighted by Gasteiger charge is -2.48. The van der Waals surface area contributed by atoms with E-state index < -0.39 is 25.0 Å². The molecule has 0 bridgehead atoms. The molecule has 2 aliphatic rings. The number of aliphatic imine (C=N–C) groups is 1. The maximum absolute atomic E-state index is 15.0. The number of benzene rings is 6. The van der Waals surface area contributed by atoms with Gasteiger partial charge in [-0.2, -0.15) is 0 Å². The van der Waals surface area contributed by atoms with Crippen LogP contribution in [0.15, 0.2) is 198 Å². The highest BCUT2D eigenvalue weighted by Gasteiger charge is 2.54. The molecule has 1 fully saturated rings. The summed E-state index contributed by atoms with van der Waals surface area (Å²) < 4.78 is 6.54. The number of esters is 1. The SMILES string of the molecule is O=C(OC(c1ccccc1)c1ccccc1)C1=C(C=P(c2ccccc2)(c2ccccc2)c2ccccc2)CS[C@H]2C(N=Cc3ccccc3)C(=O)N12. The summed E-state index contributed by atoms with van der Waals surface area (Å²) in [6.07, 6.45) is 1.08. The molecular weight excluding hydrogens is 692 g/mol. The van der Waals surface area contributed by atoms with Crippen molar-refractivity contribution in [3.05, 3.63) is 210 Å². The lowest BCUT2D eigenvalue weighted by atomic mass is 10.0. The van der Waals surface area contributed by atoms with Crippen molar-refractivity contribution in [2.24, 2.45) is 4.99 Å². The van der Waals surface area contributed by atoms with E-state index in [-0.39, 0.29) is 17.0 Å². The van der Waals surface area contributed by atoms with Gasteiger partial charge in [-0.15, -0.1) is 11.8 Å². The Labute approximate surface area is 314 Å². The van der Waals surface area contributed by atoms with Gasteiger partial charge in [-0.25, -0.2) is 4.79 Å². The third-order valence-corrected chi connectivity index (χ3v) is 14.9. The minimum absolute atomic E-state index is 0.216. The van der Waals surface area contributed by atoms with Crippen LogP contribution >= 0.6 is 18.6 Å². The predicted molar refractivity (Wildman–Crippen MR) is 220 cm³/mol. The minimum Gasteiger partial charge on any atom is -0.448 e. The Bertz CT molecular complexity index is 2180. The van der Waals surface area contributed by atoms with Gasteiger partial charge in [0, 0.05) is 12.0 Å². The number of fused-ring (bicyclic) bond motifs is 1. The summed E-state index contributed by atoms with van der Waals surface area (Å²) in [4.78, 5) is 35.6. The first-order valence-electron chi connectivity index (χ1n) is 17.6. The first kappa shape index (κ1) is 34.4. The van der Waals surface area contributed by atoms with Crippen LogP contribution in [0.3, 0.4) is 0 Å². The average molecular weight is 729 g/mol. The molecule has 0 radical (unpaired) electrons. The van der Waals surface area contributed by atoms with Crippen molar-refractivity contribution in [2.45, 2.75) is 17.5 Å². The van der Waals surface area contributed by atoms with Crippen LogP contribution in [0.5, 0.6) is 0 Å². The molecule has 8 rings (SSSR count). The molecule has 1 unspecified atom stereocenters. The number of thioether (sulfide) groups is 1. The zero-order chi connectivity index (χ0) is 36.0. The van der Waals surface area contributed by atoms with E-state index in [9.17, 15) is 9.59 Å². The van der Waals surface area contributed by atoms with Crippen molar-refractivity contribution in [1.82, 2.24) is 4.90 Å². The lowest BCUT2D eigenvalue weighted by molar-refractivity contribution is -0.152. The van der Waals surface area contributed by atoms with E-state index >= 15 is 0 Å². The number of hydrogen-bond acceptors (Lipinski definition) is 5. The van der Waals surface area contributed by atoms with Gasteiger partial charge in [0.05, 0.1) is 0 Å². The molecule has 2 aliphatic heterocycles. The van der Waals surface area contributed by atoms with Crippen LogP contribution in [0.1, 0.15) is 22.8 Å². The Morgan fingerprint density at radius 1 is 0.660 bits per heavy atom. The van der Waals surface area contributed by atoms with Crippen molar-refractivity contribution in [3.63, 3.8) is 0 Å². The Morgan fingerprint density at radius 3 is 1.57 bits per heavy atom. The van der Waals surface area contributed by atoms with Crippen LogP contribution < -0.4 is 15.9 Å². The molecule has 2 atom stereocenters. The maximum atomic E-state index is 15.0. The lowest BCUT2D eigenvalue weighted by Crippen LogP contribution is -2.64. The van der Waals surface area contributed by atoms with E-state index in [1.807, 2.05) is 109 Å². The molecule has 0 N–H and O–H groups in total. The van der Waals surface area contributed by atoms with Crippen molar-refractivity contribution in [3.8, 4) is 0 Å². The fraction of sp³-hybridized carbons (Fsp3) is 0.0870. The van der Waals surface area contributed by atoms with Crippen molar-refractivity contribution in [1.29, 1.82) is 0 Å². The zero-order valence-corrected chi connectivity index (χ0v) is 30.6. The van der Waals surface area contributed by atoms with Gasteiger partial charge in [-0.05, 0) is 50.9 Å². The molecular formula is C46H37N2O3PS. The van der Waals surface area contributed by atoms with Gasteiger partial charge in [0.25, 0.3) is 5.91 Å². The van der Waals surface area contributed by atoms with E-state index in [4.69, 9.17) is 9.73 Å². The monoisotopic (exact) mass is 728 g/mol. The van der Waals surface area contributed by atoms with Crippen LogP contribution in [0.25, 0.3) is 0 Å². The van der Waals surface area contributed by atoms with E-state index in [1.54, 1.807) is 22.9 Å². The fourth-order valence-electron chi connectivity index (χ4n) is 7.06. The summed E-state index contributed by atoms with van der Waals surface area (Å²) in [5.41, 5.74) is 3.68. The molecule has 7 heteroatoms. The fourth-order valence-corrected chi connectivity index (χ4v) is 12.4. The standard InChI is InChI=1S/C46H37N2O3PS/c49-44-41(47-31-34-19-7-1-8-20-34)45-48(44)42(46(50)51-43(35-21-9-2-10-22-35)36-23-11-3-12-24-36)37(33-53-45)32-52(38-25-13-4-14-26-38,39-27-15-5-16-28-39)40-29-17-6-18-30-40/h1-32,41,43,45H,33H2/t41?,45-/m0/s1. The highest BCUT2D eigenvalue weighted by atomic mass is 32.2. The summed E-state index contributed by atoms with van der Waals surface area (Å²) >= 11 is 1.64. The van der Waals surface area contributed by atoms with Crippen LogP contribution in [-0.4, -0.2) is 46.0 Å². The van der Waals surface area contributed by atoms with Crippen molar-refractivity contribution in [2.75, 3.05) is 5.75 Å². The normalized spacial score (nSPS) is 17.0. The maximum Gasteiger partial charge on any atom is 0.356 e. The second-order valence-corrected chi connectivity index (χ2v) is 17.2. The Morgan fingerprint density at radius 2 is 1.09 bits per heavy atom. The molecule has 1 amide bonds. The van der Waals surface area contributed by atoms with Gasteiger partial charge in [-0.1, -0.05) is 182 Å². The second-order valence-electron chi connectivity index (χ2n) is 12.9. The van der Waals surface area contributed by atoms with Gasteiger partial charge in [0.1, 0.15) is 11.1 Å². The number of β-lactam (4-membered cyclic amide) rings is 1. The van der Waals surface area contributed by atoms with E-state index in [1.165, 1.54) is 0 Å². The van der Waals surface area contributed by atoms with Crippen LogP contribution in [0, 0.1) is 0 Å². The highest BCUT2D eigenvalue weighted by Crippen LogP contribution is 2.48. The number of carbonyl (C=O) groups is 2. The molecule has 0 saturated carbocycles. The number of ether oxygens (including phenoxy) is 1. The topological polar surface area (TPSA) is 59.0 Å². The Balaban J connectivity index is 1.32. The predicted octanol–water partition coefficient (Wildman–Crippen LogP) is 7.77. The van der Waals surface area contributed by atoms with Crippen molar-refractivity contribution >= 4 is 58.4 Å². The molecule has 6 aromatic rings. The molecule has 6 aromatic carbocycles. The largest absolute Gasteiger partial charge is 0.448 e. The third-order valence-electron chi connectivity index (χ3n) is 9.62. The summed E-state index contributed by atoms with van der Waals surface area (Å²) in [6, 6.07) is 60.2. The van der Waals surface area contributed by atoms with E-state index in [2.05, 4.69) is 78.6 Å². The first-order chi connectivity index (χ1) is 26.1. The molecule has 260 valence electrons. The quantitative estimate of drug-likeness (QED) is 0.0627. The number of rotatable bonds is 10. The summed E-state index contributed by atoms with van der Waals surface area (Å²) in [6.45, 7) is -2.53. The summed E-state index contributed by atoms with van der Waals surface area (Å²) in [7, 11) is 0. The van der Waals surface area contributed by atoms with Crippen molar-refractivity contribution < 1.29 is 14.3 Å². The first-order valence-corrected chi connectivity index (χ1v) is 20.5. The van der Waals surface area contributed by atoms with Crippen LogP contribution in [0.4, 0.5) is 0 Å². The van der Waals surface area contributed by atoms with E-state index in [0.29, 0.717) is 5.75 Å². The number of hydrogen-bond donors (Lipinski definition) is 0. The smallest absolute Gasteiger partial charge is 0.356 e. The summed E-state index contributed by atoms with van der Waals surface area (Å²) in [5.74, 6) is 2.05. The van der Waals surface area contributed by atoms with Gasteiger partial charge in [-0.3, -0.25) is 14.7 Å². The molecule has 0 aliphatic carbocycles. The highest BCUT2D eigenvalue weighted by molar-refractivity contribution is 8.00. The van der Waals surface area contributed by atoms with Gasteiger partial charge in [0.2, 0.25) is 0 Å². The zero-order valence-electron chi connectivity index (χ0n) is 28.9. The minimum atomic E-state index is -2.53. The van der Waals surface area contributed by atoms with Gasteiger partial charge >= 0.3 is 5.97 Å². The number of amides is 1. The van der Waals surface area contributed by atoms with Crippen LogP contribution in [0.2, 0.25) is 0 Å².